The molecule has 0 bridgehead atoms. The lowest BCUT2D eigenvalue weighted by Crippen LogP contribution is -2.33. The van der Waals surface area contributed by atoms with Crippen molar-refractivity contribution in [3.05, 3.63) is 83.9 Å². The van der Waals surface area contributed by atoms with Crippen LogP contribution >= 0.6 is 0 Å². The Morgan fingerprint density at radius 1 is 1.04 bits per heavy atom. The molecule has 0 aliphatic rings. The van der Waals surface area contributed by atoms with Crippen LogP contribution in [0.2, 0.25) is 0 Å². The van der Waals surface area contributed by atoms with Gasteiger partial charge in [0, 0.05) is 0 Å². The molecule has 1 heterocycles. The molecule has 0 spiro atoms. The van der Waals surface area contributed by atoms with Crippen molar-refractivity contribution < 1.29 is 12.8 Å². The highest BCUT2D eigenvalue weighted by molar-refractivity contribution is 7.88. The number of halogens is 1. The van der Waals surface area contributed by atoms with Gasteiger partial charge >= 0.3 is 0 Å². The quantitative estimate of drug-likeness (QED) is 0.701. The van der Waals surface area contributed by atoms with Crippen molar-refractivity contribution in [3.8, 4) is 0 Å². The number of aromatic nitrogens is 3. The topological polar surface area (TPSA) is 76.9 Å². The molecule has 0 saturated heterocycles. The Morgan fingerprint density at radius 2 is 1.76 bits per heavy atom. The highest BCUT2D eigenvalue weighted by Crippen LogP contribution is 2.17. The van der Waals surface area contributed by atoms with E-state index >= 15 is 0 Å². The van der Waals surface area contributed by atoms with Crippen LogP contribution in [0.1, 0.15) is 17.2 Å². The number of hydrogen-bond acceptors (Lipinski definition) is 4. The Balaban J connectivity index is 1.81. The first kappa shape index (κ1) is 17.2. The molecular formula is C17H17FN4O2S. The molecule has 8 heteroatoms. The van der Waals surface area contributed by atoms with Crippen LogP contribution in [0.15, 0.2) is 67.0 Å². The largest absolute Gasteiger partial charge is 0.216 e. The van der Waals surface area contributed by atoms with E-state index in [1.807, 2.05) is 30.3 Å². The summed E-state index contributed by atoms with van der Waals surface area (Å²) in [4.78, 5) is 1.42. The normalized spacial score (nSPS) is 12.8. The van der Waals surface area contributed by atoms with Crippen molar-refractivity contribution in [2.24, 2.45) is 0 Å². The van der Waals surface area contributed by atoms with E-state index in [-0.39, 0.29) is 12.3 Å². The summed E-state index contributed by atoms with van der Waals surface area (Å²) in [7, 11) is -3.69. The molecule has 1 atom stereocenters. The molecule has 3 rings (SSSR count). The molecule has 1 aromatic heterocycles. The van der Waals surface area contributed by atoms with Crippen molar-refractivity contribution >= 4 is 10.0 Å². The van der Waals surface area contributed by atoms with Gasteiger partial charge in [0.25, 0.3) is 0 Å². The average molecular weight is 360 g/mol. The second-order valence-corrected chi connectivity index (χ2v) is 7.31. The monoisotopic (exact) mass is 360 g/mol. The Hall–Kier alpha value is -2.58. The van der Waals surface area contributed by atoms with Crippen LogP contribution in [0.3, 0.4) is 0 Å². The maximum absolute atomic E-state index is 13.3. The fraction of sp³-hybridized carbons (Fsp3) is 0.176. The lowest BCUT2D eigenvalue weighted by atomic mass is 10.1. The lowest BCUT2D eigenvalue weighted by Gasteiger charge is -2.19. The minimum absolute atomic E-state index is 0.249. The van der Waals surface area contributed by atoms with Crippen LogP contribution in [0, 0.1) is 5.82 Å². The summed E-state index contributed by atoms with van der Waals surface area (Å²) in [5.41, 5.74) is 1.18. The smallest absolute Gasteiger partial charge is 0.212 e. The molecule has 1 N–H and O–H groups in total. The zero-order valence-electron chi connectivity index (χ0n) is 13.3. The van der Waals surface area contributed by atoms with E-state index < -0.39 is 21.9 Å². The zero-order valence-corrected chi connectivity index (χ0v) is 14.1. The number of rotatable bonds is 7. The minimum atomic E-state index is -3.69. The van der Waals surface area contributed by atoms with E-state index in [1.54, 1.807) is 6.07 Å². The van der Waals surface area contributed by atoms with E-state index in [0.29, 0.717) is 5.56 Å². The van der Waals surface area contributed by atoms with E-state index in [9.17, 15) is 12.8 Å². The Morgan fingerprint density at radius 3 is 2.44 bits per heavy atom. The predicted molar refractivity (Wildman–Crippen MR) is 91.4 cm³/mol. The summed E-state index contributed by atoms with van der Waals surface area (Å²) in [6.07, 6.45) is 3.06. The van der Waals surface area contributed by atoms with E-state index in [2.05, 4.69) is 14.9 Å². The van der Waals surface area contributed by atoms with Gasteiger partial charge < -0.3 is 0 Å². The molecule has 0 fully saturated rings. The third kappa shape index (κ3) is 4.94. The summed E-state index contributed by atoms with van der Waals surface area (Å²) in [6.45, 7) is 0.249. The first-order valence-corrected chi connectivity index (χ1v) is 9.30. The van der Waals surface area contributed by atoms with Crippen LogP contribution < -0.4 is 4.72 Å². The van der Waals surface area contributed by atoms with E-state index in [0.717, 1.165) is 5.56 Å². The molecule has 0 aliphatic carbocycles. The summed E-state index contributed by atoms with van der Waals surface area (Å²) in [6, 6.07) is 14.2. The molecule has 3 aromatic rings. The Labute approximate surface area is 145 Å². The van der Waals surface area contributed by atoms with Gasteiger partial charge in [-0.15, -0.1) is 0 Å². The molecule has 6 nitrogen and oxygen atoms in total. The molecule has 25 heavy (non-hydrogen) atoms. The Kier molecular flexibility index (Phi) is 5.20. The van der Waals surface area contributed by atoms with Gasteiger partial charge in [0.1, 0.15) is 5.82 Å². The van der Waals surface area contributed by atoms with E-state index in [4.69, 9.17) is 0 Å². The third-order valence-corrected chi connectivity index (χ3v) is 4.94. The van der Waals surface area contributed by atoms with Gasteiger partial charge in [-0.05, 0) is 23.3 Å². The molecule has 2 aromatic carbocycles. The van der Waals surface area contributed by atoms with Crippen LogP contribution in [0.25, 0.3) is 0 Å². The van der Waals surface area contributed by atoms with Gasteiger partial charge in [0.15, 0.2) is 0 Å². The van der Waals surface area contributed by atoms with Crippen molar-refractivity contribution in [2.45, 2.75) is 18.3 Å². The second kappa shape index (κ2) is 7.54. The Bertz CT molecular complexity index is 915. The third-order valence-electron chi connectivity index (χ3n) is 3.58. The molecular weight excluding hydrogens is 343 g/mol. The zero-order chi connectivity index (χ0) is 17.7. The number of sulfonamides is 1. The van der Waals surface area contributed by atoms with Crippen molar-refractivity contribution in [2.75, 3.05) is 0 Å². The highest BCUT2D eigenvalue weighted by atomic mass is 32.2. The summed E-state index contributed by atoms with van der Waals surface area (Å²) < 4.78 is 41.0. The molecule has 130 valence electrons. The number of nitrogens with one attached hydrogen (secondary N) is 1. The summed E-state index contributed by atoms with van der Waals surface area (Å²) in [5, 5.41) is 8.06. The van der Waals surface area contributed by atoms with Gasteiger partial charge in [-0.3, -0.25) is 0 Å². The lowest BCUT2D eigenvalue weighted by molar-refractivity contribution is 0.444. The van der Waals surface area contributed by atoms with Gasteiger partial charge in [0.2, 0.25) is 10.0 Å². The maximum Gasteiger partial charge on any atom is 0.216 e. The summed E-state index contributed by atoms with van der Waals surface area (Å²) >= 11 is 0. The molecule has 0 aliphatic heterocycles. The maximum atomic E-state index is 13.3. The molecule has 0 amide bonds. The first-order chi connectivity index (χ1) is 12.0. The van der Waals surface area contributed by atoms with Crippen LogP contribution in [0.5, 0.6) is 0 Å². The summed E-state index contributed by atoms with van der Waals surface area (Å²) in [5.74, 6) is -0.770. The molecule has 0 radical (unpaired) electrons. The van der Waals surface area contributed by atoms with Crippen molar-refractivity contribution in [1.82, 2.24) is 19.7 Å². The number of benzene rings is 2. The SMILES string of the molecule is O=S(=O)(Cc1cccc(F)c1)NC(Cn1nccn1)c1ccccc1. The van der Waals surface area contributed by atoms with E-state index in [1.165, 1.54) is 35.4 Å². The average Bonchev–Trinajstić information content (AvgIpc) is 3.07. The standard InChI is InChI=1S/C17H17FN4O2S/c18-16-8-4-5-14(11-16)13-25(23,24)21-17(12-22-19-9-10-20-22)15-6-2-1-3-7-15/h1-11,17,21H,12-13H2. The van der Waals surface area contributed by atoms with Gasteiger partial charge in [0.05, 0.1) is 30.7 Å². The molecule has 0 saturated carbocycles. The highest BCUT2D eigenvalue weighted by Gasteiger charge is 2.21. The van der Waals surface area contributed by atoms with Crippen molar-refractivity contribution in [1.29, 1.82) is 0 Å². The second-order valence-electron chi connectivity index (χ2n) is 5.55. The number of nitrogens with zero attached hydrogens (tertiary/aromatic N) is 3. The minimum Gasteiger partial charge on any atom is -0.212 e. The fourth-order valence-corrected chi connectivity index (χ4v) is 3.85. The van der Waals surface area contributed by atoms with Gasteiger partial charge in [-0.1, -0.05) is 42.5 Å². The van der Waals surface area contributed by atoms with Crippen LogP contribution in [0.4, 0.5) is 4.39 Å². The van der Waals surface area contributed by atoms with Crippen LogP contribution in [-0.2, 0) is 22.3 Å². The molecule has 1 unspecified atom stereocenters. The van der Waals surface area contributed by atoms with Crippen LogP contribution in [-0.4, -0.2) is 23.4 Å². The van der Waals surface area contributed by atoms with Crippen molar-refractivity contribution in [3.63, 3.8) is 0 Å². The number of hydrogen-bond donors (Lipinski definition) is 1. The van der Waals surface area contributed by atoms with Gasteiger partial charge in [-0.25, -0.2) is 17.5 Å². The predicted octanol–water partition coefficient (Wildman–Crippen LogP) is 2.28. The fourth-order valence-electron chi connectivity index (χ4n) is 2.50. The first-order valence-electron chi connectivity index (χ1n) is 7.65. The van der Waals surface area contributed by atoms with Gasteiger partial charge in [-0.2, -0.15) is 15.0 Å².